The largest absolute Gasteiger partial charge is 0.382 e. The quantitative estimate of drug-likeness (QED) is 0.882. The molecule has 1 saturated heterocycles. The number of hydrogen-bond acceptors (Lipinski definition) is 4. The molecule has 2 N–H and O–H groups in total. The Morgan fingerprint density at radius 2 is 1.90 bits per heavy atom. The van der Waals surface area contributed by atoms with Crippen LogP contribution in [0, 0.1) is 6.92 Å². The molecule has 112 valence electrons. The van der Waals surface area contributed by atoms with Gasteiger partial charge in [0.05, 0.1) is 4.90 Å². The molecule has 0 unspecified atom stereocenters. The lowest BCUT2D eigenvalue weighted by molar-refractivity contribution is 0.264. The Bertz CT molecular complexity index is 564. The van der Waals surface area contributed by atoms with Crippen molar-refractivity contribution in [3.05, 3.63) is 23.8 Å². The molecule has 0 aromatic heterocycles. The van der Waals surface area contributed by atoms with Crippen molar-refractivity contribution in [3.63, 3.8) is 0 Å². The molecule has 0 saturated carbocycles. The molecule has 2 rings (SSSR count). The van der Waals surface area contributed by atoms with E-state index in [2.05, 4.69) is 22.0 Å². The third kappa shape index (κ3) is 3.50. The van der Waals surface area contributed by atoms with Crippen molar-refractivity contribution in [3.8, 4) is 0 Å². The minimum Gasteiger partial charge on any atom is -0.382 e. The van der Waals surface area contributed by atoms with Crippen LogP contribution in [0.15, 0.2) is 23.1 Å². The predicted molar refractivity (Wildman–Crippen MR) is 81.6 cm³/mol. The van der Waals surface area contributed by atoms with Gasteiger partial charge in [0.15, 0.2) is 0 Å². The van der Waals surface area contributed by atoms with Gasteiger partial charge in [-0.2, -0.15) is 0 Å². The molecule has 1 aliphatic heterocycles. The van der Waals surface area contributed by atoms with Gasteiger partial charge < -0.3 is 10.2 Å². The number of sulfonamides is 1. The molecule has 1 aromatic rings. The molecule has 0 radical (unpaired) electrons. The first-order valence-corrected chi connectivity index (χ1v) is 8.40. The average Bonchev–Trinajstić information content (AvgIpc) is 2.43. The molecule has 0 spiro atoms. The van der Waals surface area contributed by atoms with Crippen LogP contribution in [-0.4, -0.2) is 46.5 Å². The minimum absolute atomic E-state index is 0.345. The lowest BCUT2D eigenvalue weighted by atomic mass is 10.1. The zero-order chi connectivity index (χ0) is 14.8. The number of nitrogens with one attached hydrogen (secondary N) is 2. The first-order valence-electron chi connectivity index (χ1n) is 6.91. The van der Waals surface area contributed by atoms with Crippen molar-refractivity contribution in [2.24, 2.45) is 0 Å². The maximum atomic E-state index is 12.0. The maximum absolute atomic E-state index is 12.0. The predicted octanol–water partition coefficient (Wildman–Crippen LogP) is 1.41. The molecule has 6 heteroatoms. The Kier molecular flexibility index (Phi) is 4.67. The second kappa shape index (κ2) is 6.11. The lowest BCUT2D eigenvalue weighted by Gasteiger charge is -2.30. The number of aryl methyl sites for hydroxylation is 1. The van der Waals surface area contributed by atoms with E-state index in [9.17, 15) is 8.42 Å². The van der Waals surface area contributed by atoms with Crippen molar-refractivity contribution >= 4 is 15.7 Å². The topological polar surface area (TPSA) is 61.4 Å². The smallest absolute Gasteiger partial charge is 0.240 e. The Balaban J connectivity index is 2.16. The highest BCUT2D eigenvalue weighted by atomic mass is 32.2. The molecule has 0 bridgehead atoms. The van der Waals surface area contributed by atoms with Crippen molar-refractivity contribution in [1.29, 1.82) is 0 Å². The molecule has 0 atom stereocenters. The van der Waals surface area contributed by atoms with Crippen molar-refractivity contribution in [2.45, 2.75) is 30.7 Å². The first-order chi connectivity index (χ1) is 9.42. The minimum atomic E-state index is -3.40. The van der Waals surface area contributed by atoms with E-state index in [0.717, 1.165) is 37.2 Å². The van der Waals surface area contributed by atoms with Crippen LogP contribution in [0.2, 0.25) is 0 Å². The summed E-state index contributed by atoms with van der Waals surface area (Å²) in [6, 6.07) is 5.93. The number of anilines is 1. The van der Waals surface area contributed by atoms with E-state index in [1.165, 1.54) is 7.05 Å². The van der Waals surface area contributed by atoms with E-state index in [-0.39, 0.29) is 0 Å². The fraction of sp³-hybridized carbons (Fsp3) is 0.571. The second-order valence-corrected chi connectivity index (χ2v) is 7.26. The number of benzene rings is 1. The van der Waals surface area contributed by atoms with E-state index in [1.54, 1.807) is 6.07 Å². The fourth-order valence-corrected chi connectivity index (χ4v) is 3.47. The molecular weight excluding hydrogens is 274 g/mol. The van der Waals surface area contributed by atoms with Crippen molar-refractivity contribution in [1.82, 2.24) is 9.62 Å². The molecular formula is C14H23N3O2S. The summed E-state index contributed by atoms with van der Waals surface area (Å²) >= 11 is 0. The van der Waals surface area contributed by atoms with Gasteiger partial charge in [0.2, 0.25) is 10.0 Å². The van der Waals surface area contributed by atoms with Gasteiger partial charge in [-0.05, 0) is 64.6 Å². The van der Waals surface area contributed by atoms with Crippen LogP contribution in [0.3, 0.4) is 0 Å². The molecule has 0 amide bonds. The van der Waals surface area contributed by atoms with E-state index >= 15 is 0 Å². The van der Waals surface area contributed by atoms with Gasteiger partial charge in [0.1, 0.15) is 0 Å². The molecule has 1 fully saturated rings. The summed E-state index contributed by atoms with van der Waals surface area (Å²) in [5.41, 5.74) is 1.63. The Morgan fingerprint density at radius 1 is 1.25 bits per heavy atom. The number of piperidine rings is 1. The molecule has 1 aliphatic rings. The molecule has 1 aromatic carbocycles. The summed E-state index contributed by atoms with van der Waals surface area (Å²) in [6.45, 7) is 3.96. The number of nitrogens with zero attached hydrogens (tertiary/aromatic N) is 1. The summed E-state index contributed by atoms with van der Waals surface area (Å²) < 4.78 is 26.3. The standard InChI is InChI=1S/C14H23N3O2S/c1-11-4-5-13(10-14(11)20(18,19)15-2)16-12-6-8-17(3)9-7-12/h4-5,10,12,15-16H,6-9H2,1-3H3. The third-order valence-electron chi connectivity index (χ3n) is 3.84. The highest BCUT2D eigenvalue weighted by molar-refractivity contribution is 7.89. The van der Waals surface area contributed by atoms with Crippen LogP contribution in [0.25, 0.3) is 0 Å². The number of rotatable bonds is 4. The van der Waals surface area contributed by atoms with Gasteiger partial charge in [0, 0.05) is 11.7 Å². The van der Waals surface area contributed by atoms with Crippen molar-refractivity contribution in [2.75, 3.05) is 32.5 Å². The van der Waals surface area contributed by atoms with E-state index in [1.807, 2.05) is 19.1 Å². The van der Waals surface area contributed by atoms with E-state index in [4.69, 9.17) is 0 Å². The zero-order valence-corrected chi connectivity index (χ0v) is 13.1. The monoisotopic (exact) mass is 297 g/mol. The highest BCUT2D eigenvalue weighted by Crippen LogP contribution is 2.22. The summed E-state index contributed by atoms with van der Waals surface area (Å²) in [4.78, 5) is 2.66. The third-order valence-corrected chi connectivity index (χ3v) is 5.39. The van der Waals surface area contributed by atoms with E-state index in [0.29, 0.717) is 10.9 Å². The van der Waals surface area contributed by atoms with Crippen LogP contribution < -0.4 is 10.0 Å². The van der Waals surface area contributed by atoms with Gasteiger partial charge >= 0.3 is 0 Å². The van der Waals surface area contributed by atoms with Crippen LogP contribution >= 0.6 is 0 Å². The Labute approximate surface area is 121 Å². The van der Waals surface area contributed by atoms with Crippen LogP contribution in [0.5, 0.6) is 0 Å². The summed E-state index contributed by atoms with van der Waals surface area (Å²) in [6.07, 6.45) is 2.16. The van der Waals surface area contributed by atoms with Gasteiger partial charge in [-0.3, -0.25) is 0 Å². The first kappa shape index (κ1) is 15.3. The second-order valence-electron chi connectivity index (χ2n) is 5.41. The SMILES string of the molecule is CNS(=O)(=O)c1cc(NC2CCN(C)CC2)ccc1C. The molecule has 0 aliphatic carbocycles. The number of likely N-dealkylation sites (tertiary alicyclic amines) is 1. The van der Waals surface area contributed by atoms with Gasteiger partial charge in [-0.25, -0.2) is 13.1 Å². The Hall–Kier alpha value is -1.11. The Morgan fingerprint density at radius 3 is 2.50 bits per heavy atom. The summed E-state index contributed by atoms with van der Waals surface area (Å²) in [5.74, 6) is 0. The highest BCUT2D eigenvalue weighted by Gasteiger charge is 2.18. The van der Waals surface area contributed by atoms with Gasteiger partial charge in [0.25, 0.3) is 0 Å². The van der Waals surface area contributed by atoms with Crippen LogP contribution in [-0.2, 0) is 10.0 Å². The lowest BCUT2D eigenvalue weighted by Crippen LogP contribution is -2.36. The number of hydrogen-bond donors (Lipinski definition) is 2. The maximum Gasteiger partial charge on any atom is 0.240 e. The summed E-state index contributed by atoms with van der Waals surface area (Å²) in [7, 11) is 0.162. The molecule has 1 heterocycles. The molecule has 5 nitrogen and oxygen atoms in total. The fourth-order valence-electron chi connectivity index (χ4n) is 2.48. The van der Waals surface area contributed by atoms with Crippen LogP contribution in [0.1, 0.15) is 18.4 Å². The van der Waals surface area contributed by atoms with Gasteiger partial charge in [-0.15, -0.1) is 0 Å². The van der Waals surface area contributed by atoms with Gasteiger partial charge in [-0.1, -0.05) is 6.07 Å². The normalized spacial score (nSPS) is 18.1. The van der Waals surface area contributed by atoms with Crippen LogP contribution in [0.4, 0.5) is 5.69 Å². The zero-order valence-electron chi connectivity index (χ0n) is 12.3. The average molecular weight is 297 g/mol. The molecule has 20 heavy (non-hydrogen) atoms. The van der Waals surface area contributed by atoms with Crippen molar-refractivity contribution < 1.29 is 8.42 Å². The van der Waals surface area contributed by atoms with E-state index < -0.39 is 10.0 Å². The summed E-state index contributed by atoms with van der Waals surface area (Å²) in [5, 5.41) is 3.45.